The molecule has 0 aliphatic carbocycles. The Balaban J connectivity index is 4.97. The van der Waals surface area contributed by atoms with E-state index in [2.05, 4.69) is 38.0 Å². The largest absolute Gasteiger partial charge is 0.355 e. The van der Waals surface area contributed by atoms with E-state index in [4.69, 9.17) is 22.9 Å². The molecule has 0 aromatic heterocycles. The topological polar surface area (TPSA) is 227 Å². The zero-order chi connectivity index (χ0) is 29.3. The van der Waals surface area contributed by atoms with Crippen LogP contribution in [0.4, 0.5) is 0 Å². The van der Waals surface area contributed by atoms with Crippen LogP contribution in [0.1, 0.15) is 39.0 Å². The first-order chi connectivity index (χ1) is 18.7. The summed E-state index contributed by atoms with van der Waals surface area (Å²) in [6.45, 7) is 8.90. The first-order valence-electron chi connectivity index (χ1n) is 14.1. The van der Waals surface area contributed by atoms with E-state index in [-0.39, 0.29) is 29.5 Å². The molecule has 0 aliphatic rings. The van der Waals surface area contributed by atoms with Crippen molar-refractivity contribution in [3.8, 4) is 0 Å². The SMILES string of the molecule is CC(CCN(CCC(=O)NCCN)CCC(=O)NCCN)CN(CCC(=O)NCCN)CCC(=O)NCCN. The molecule has 0 rings (SSSR count). The lowest BCUT2D eigenvalue weighted by atomic mass is 10.1. The van der Waals surface area contributed by atoms with E-state index >= 15 is 0 Å². The number of carbonyl (C=O) groups excluding carboxylic acids is 4. The minimum Gasteiger partial charge on any atom is -0.355 e. The summed E-state index contributed by atoms with van der Waals surface area (Å²) in [6.07, 6.45) is 2.10. The predicted molar refractivity (Wildman–Crippen MR) is 153 cm³/mol. The summed E-state index contributed by atoms with van der Waals surface area (Å²) in [5.41, 5.74) is 21.8. The number of amides is 4. The fraction of sp³-hybridized carbons (Fsp3) is 0.840. The Hall–Kier alpha value is -2.36. The number of carbonyl (C=O) groups is 4. The summed E-state index contributed by atoms with van der Waals surface area (Å²) in [6, 6.07) is 0. The van der Waals surface area contributed by atoms with Gasteiger partial charge in [0.25, 0.3) is 0 Å². The third kappa shape index (κ3) is 22.2. The third-order valence-electron chi connectivity index (χ3n) is 5.99. The van der Waals surface area contributed by atoms with Crippen LogP contribution in [0.2, 0.25) is 0 Å². The van der Waals surface area contributed by atoms with Gasteiger partial charge in [0.1, 0.15) is 0 Å². The van der Waals surface area contributed by atoms with E-state index in [1.54, 1.807) is 0 Å². The van der Waals surface area contributed by atoms with E-state index < -0.39 is 0 Å². The van der Waals surface area contributed by atoms with Crippen molar-refractivity contribution in [1.82, 2.24) is 31.1 Å². The van der Waals surface area contributed by atoms with Gasteiger partial charge in [0, 0.05) is 111 Å². The minimum atomic E-state index is -0.0716. The molecular formula is C25H54N10O4. The summed E-state index contributed by atoms with van der Waals surface area (Å²) < 4.78 is 0. The molecule has 14 nitrogen and oxygen atoms in total. The Morgan fingerprint density at radius 3 is 1.15 bits per heavy atom. The summed E-state index contributed by atoms with van der Waals surface area (Å²) in [4.78, 5) is 52.6. The molecule has 0 fully saturated rings. The van der Waals surface area contributed by atoms with Crippen LogP contribution in [-0.4, -0.2) is 125 Å². The van der Waals surface area contributed by atoms with Gasteiger partial charge in [0.15, 0.2) is 0 Å². The van der Waals surface area contributed by atoms with Crippen LogP contribution >= 0.6 is 0 Å². The summed E-state index contributed by atoms with van der Waals surface area (Å²) >= 11 is 0. The molecule has 12 N–H and O–H groups in total. The molecule has 14 heteroatoms. The van der Waals surface area contributed by atoms with Crippen molar-refractivity contribution in [2.24, 2.45) is 28.9 Å². The van der Waals surface area contributed by atoms with E-state index in [0.717, 1.165) is 6.42 Å². The van der Waals surface area contributed by atoms with Crippen molar-refractivity contribution in [2.45, 2.75) is 39.0 Å². The Morgan fingerprint density at radius 1 is 0.538 bits per heavy atom. The fourth-order valence-corrected chi connectivity index (χ4v) is 3.80. The molecule has 0 bridgehead atoms. The molecule has 0 saturated carbocycles. The molecule has 0 radical (unpaired) electrons. The van der Waals surface area contributed by atoms with Gasteiger partial charge in [0.05, 0.1) is 0 Å². The van der Waals surface area contributed by atoms with Gasteiger partial charge in [-0.15, -0.1) is 0 Å². The standard InChI is InChI=1S/C25H54N10O4/c1-21(20-35(18-5-24(38)32-13-9-28)19-6-25(39)33-14-10-29)2-15-34(16-3-22(36)30-11-7-26)17-4-23(37)31-12-8-27/h21H,2-20,26-29H2,1H3,(H,30,36)(H,31,37)(H,32,38)(H,33,39). The van der Waals surface area contributed by atoms with Crippen molar-refractivity contribution in [2.75, 3.05) is 91.6 Å². The second-order valence-electron chi connectivity index (χ2n) is 9.59. The Labute approximate surface area is 233 Å². The lowest BCUT2D eigenvalue weighted by molar-refractivity contribution is -0.123. The molecule has 0 aliphatic heterocycles. The molecule has 0 aromatic rings. The van der Waals surface area contributed by atoms with Crippen LogP contribution < -0.4 is 44.2 Å². The van der Waals surface area contributed by atoms with E-state index in [1.807, 2.05) is 0 Å². The van der Waals surface area contributed by atoms with Crippen molar-refractivity contribution in [3.63, 3.8) is 0 Å². The second-order valence-corrected chi connectivity index (χ2v) is 9.59. The highest BCUT2D eigenvalue weighted by Crippen LogP contribution is 2.09. The van der Waals surface area contributed by atoms with E-state index in [0.29, 0.717) is 117 Å². The Morgan fingerprint density at radius 2 is 0.846 bits per heavy atom. The zero-order valence-corrected chi connectivity index (χ0v) is 23.8. The molecule has 228 valence electrons. The molecule has 0 aromatic carbocycles. The van der Waals surface area contributed by atoms with Gasteiger partial charge in [-0.05, 0) is 18.9 Å². The molecule has 0 saturated heterocycles. The van der Waals surface area contributed by atoms with E-state index in [1.165, 1.54) is 0 Å². The highest BCUT2D eigenvalue weighted by atomic mass is 16.2. The number of hydrogen-bond donors (Lipinski definition) is 8. The average Bonchev–Trinajstić information content (AvgIpc) is 2.93. The maximum atomic E-state index is 12.1. The highest BCUT2D eigenvalue weighted by molar-refractivity contribution is 5.77. The molecule has 0 heterocycles. The normalized spacial score (nSPS) is 11.9. The maximum Gasteiger partial charge on any atom is 0.221 e. The Bertz CT molecular complexity index is 635. The second kappa shape index (κ2) is 24.7. The van der Waals surface area contributed by atoms with Crippen molar-refractivity contribution in [1.29, 1.82) is 0 Å². The maximum absolute atomic E-state index is 12.1. The van der Waals surface area contributed by atoms with Gasteiger partial charge in [-0.2, -0.15) is 0 Å². The number of nitrogens with one attached hydrogen (secondary N) is 4. The van der Waals surface area contributed by atoms with Crippen molar-refractivity contribution < 1.29 is 19.2 Å². The van der Waals surface area contributed by atoms with Gasteiger partial charge >= 0.3 is 0 Å². The lowest BCUT2D eigenvalue weighted by Gasteiger charge is -2.28. The molecule has 4 amide bonds. The minimum absolute atomic E-state index is 0.0712. The highest BCUT2D eigenvalue weighted by Gasteiger charge is 2.16. The lowest BCUT2D eigenvalue weighted by Crippen LogP contribution is -2.39. The zero-order valence-electron chi connectivity index (χ0n) is 23.8. The van der Waals surface area contributed by atoms with Gasteiger partial charge in [-0.1, -0.05) is 6.92 Å². The van der Waals surface area contributed by atoms with Crippen LogP contribution in [-0.2, 0) is 19.2 Å². The number of nitrogens with two attached hydrogens (primary N) is 4. The van der Waals surface area contributed by atoms with Crippen LogP contribution in [0.25, 0.3) is 0 Å². The first-order valence-corrected chi connectivity index (χ1v) is 14.1. The molecule has 1 atom stereocenters. The van der Waals surface area contributed by atoms with Crippen molar-refractivity contribution in [3.05, 3.63) is 0 Å². The summed E-state index contributed by atoms with van der Waals surface area (Å²) in [7, 11) is 0. The van der Waals surface area contributed by atoms with Crippen LogP contribution in [0.3, 0.4) is 0 Å². The number of nitrogens with zero attached hydrogens (tertiary/aromatic N) is 2. The van der Waals surface area contributed by atoms with Gasteiger partial charge in [-0.3, -0.25) is 19.2 Å². The monoisotopic (exact) mass is 558 g/mol. The molecule has 0 spiro atoms. The summed E-state index contributed by atoms with van der Waals surface area (Å²) in [5.74, 6) is -0.0321. The fourth-order valence-electron chi connectivity index (χ4n) is 3.80. The quantitative estimate of drug-likeness (QED) is 0.0551. The molecule has 39 heavy (non-hydrogen) atoms. The van der Waals surface area contributed by atoms with E-state index in [9.17, 15) is 19.2 Å². The third-order valence-corrected chi connectivity index (χ3v) is 5.99. The first kappa shape index (κ1) is 36.6. The molecule has 1 unspecified atom stereocenters. The Kier molecular flexibility index (Phi) is 23.2. The van der Waals surface area contributed by atoms with Crippen LogP contribution in [0.15, 0.2) is 0 Å². The average molecular weight is 559 g/mol. The number of hydrogen-bond acceptors (Lipinski definition) is 10. The van der Waals surface area contributed by atoms with Crippen LogP contribution in [0.5, 0.6) is 0 Å². The smallest absolute Gasteiger partial charge is 0.221 e. The van der Waals surface area contributed by atoms with Gasteiger partial charge < -0.3 is 54.0 Å². The van der Waals surface area contributed by atoms with Gasteiger partial charge in [-0.25, -0.2) is 0 Å². The molecular weight excluding hydrogens is 504 g/mol. The van der Waals surface area contributed by atoms with Gasteiger partial charge in [0.2, 0.25) is 23.6 Å². The summed E-state index contributed by atoms with van der Waals surface area (Å²) in [5, 5.41) is 11.1. The predicted octanol–water partition coefficient (Wildman–Crippen LogP) is -3.52. The van der Waals surface area contributed by atoms with Crippen molar-refractivity contribution >= 4 is 23.6 Å². The van der Waals surface area contributed by atoms with Crippen LogP contribution in [0, 0.1) is 5.92 Å². The number of rotatable bonds is 25.